The van der Waals surface area contributed by atoms with Gasteiger partial charge in [-0.1, -0.05) is 29.8 Å². The molecule has 6 heteroatoms. The Hall–Kier alpha value is -3.15. The van der Waals surface area contributed by atoms with E-state index < -0.39 is 5.97 Å². The van der Waals surface area contributed by atoms with Gasteiger partial charge in [-0.2, -0.15) is 0 Å². The normalized spacial score (nSPS) is 19.1. The Kier molecular flexibility index (Phi) is 5.57. The highest BCUT2D eigenvalue weighted by molar-refractivity contribution is 5.95. The summed E-state index contributed by atoms with van der Waals surface area (Å²) in [4.78, 5) is 34.8. The Labute approximate surface area is 176 Å². The smallest absolute Gasteiger partial charge is 0.338 e. The first kappa shape index (κ1) is 20.1. The van der Waals surface area contributed by atoms with Crippen molar-refractivity contribution in [2.24, 2.45) is 0 Å². The van der Waals surface area contributed by atoms with E-state index in [1.54, 1.807) is 18.2 Å². The fraction of sp³-hybridized carbons (Fsp3) is 0.375. The molecule has 1 aromatic heterocycles. The van der Waals surface area contributed by atoms with Crippen molar-refractivity contribution in [1.82, 2.24) is 14.9 Å². The molecule has 1 fully saturated rings. The van der Waals surface area contributed by atoms with E-state index in [2.05, 4.69) is 9.97 Å². The summed E-state index contributed by atoms with van der Waals surface area (Å²) in [6, 6.07) is 13.6. The summed E-state index contributed by atoms with van der Waals surface area (Å²) < 4.78 is 5.33. The van der Waals surface area contributed by atoms with Crippen molar-refractivity contribution in [2.45, 2.75) is 52.1 Å². The number of nitrogens with one attached hydrogen (secondary N) is 1. The van der Waals surface area contributed by atoms with Crippen LogP contribution in [-0.2, 0) is 9.53 Å². The second-order valence-corrected chi connectivity index (χ2v) is 8.19. The number of piperidine rings is 1. The third-order valence-corrected chi connectivity index (χ3v) is 5.85. The third-order valence-electron chi connectivity index (χ3n) is 5.85. The number of benzene rings is 2. The maximum absolute atomic E-state index is 12.6. The second kappa shape index (κ2) is 8.30. The average molecular weight is 405 g/mol. The van der Waals surface area contributed by atoms with E-state index in [1.807, 2.05) is 49.9 Å². The monoisotopic (exact) mass is 405 g/mol. The maximum Gasteiger partial charge on any atom is 0.338 e. The predicted molar refractivity (Wildman–Crippen MR) is 116 cm³/mol. The number of ether oxygens (including phenoxy) is 1. The van der Waals surface area contributed by atoms with Gasteiger partial charge in [0.05, 0.1) is 16.6 Å². The van der Waals surface area contributed by atoms with Gasteiger partial charge >= 0.3 is 5.97 Å². The summed E-state index contributed by atoms with van der Waals surface area (Å²) in [5.41, 5.74) is 4.09. The molecule has 0 unspecified atom stereocenters. The number of rotatable bonds is 4. The van der Waals surface area contributed by atoms with Gasteiger partial charge in [-0.3, -0.25) is 4.79 Å². The first-order chi connectivity index (χ1) is 14.4. The van der Waals surface area contributed by atoms with Crippen LogP contribution >= 0.6 is 0 Å². The van der Waals surface area contributed by atoms with Crippen molar-refractivity contribution in [3.63, 3.8) is 0 Å². The van der Waals surface area contributed by atoms with Crippen LogP contribution in [0.25, 0.3) is 22.4 Å². The molecule has 0 spiro atoms. The number of carbonyl (C=O) groups excluding carboxylic acids is 2. The molecule has 4 rings (SSSR count). The van der Waals surface area contributed by atoms with Crippen LogP contribution in [0, 0.1) is 6.92 Å². The van der Waals surface area contributed by atoms with Gasteiger partial charge in [0.1, 0.15) is 5.82 Å². The van der Waals surface area contributed by atoms with E-state index in [-0.39, 0.29) is 24.6 Å². The van der Waals surface area contributed by atoms with Gasteiger partial charge in [-0.25, -0.2) is 9.78 Å². The van der Waals surface area contributed by atoms with Crippen LogP contribution in [0.5, 0.6) is 0 Å². The lowest BCUT2D eigenvalue weighted by Gasteiger charge is -2.38. The van der Waals surface area contributed by atoms with Gasteiger partial charge < -0.3 is 14.6 Å². The highest BCUT2D eigenvalue weighted by Crippen LogP contribution is 2.24. The van der Waals surface area contributed by atoms with Crippen molar-refractivity contribution in [1.29, 1.82) is 0 Å². The van der Waals surface area contributed by atoms with Crippen LogP contribution in [0.15, 0.2) is 42.5 Å². The number of aryl methyl sites for hydroxylation is 1. The van der Waals surface area contributed by atoms with Gasteiger partial charge in [0.2, 0.25) is 0 Å². The molecule has 1 aliphatic heterocycles. The molecule has 0 radical (unpaired) electrons. The van der Waals surface area contributed by atoms with Gasteiger partial charge in [0, 0.05) is 17.6 Å². The predicted octanol–water partition coefficient (Wildman–Crippen LogP) is 4.48. The number of amides is 1. The molecule has 0 bridgehead atoms. The van der Waals surface area contributed by atoms with Gasteiger partial charge in [0.15, 0.2) is 6.61 Å². The van der Waals surface area contributed by atoms with E-state index >= 15 is 0 Å². The average Bonchev–Trinajstić information content (AvgIpc) is 3.15. The van der Waals surface area contributed by atoms with Crippen LogP contribution in [-0.4, -0.2) is 45.4 Å². The summed E-state index contributed by atoms with van der Waals surface area (Å²) in [5, 5.41) is 0. The Balaban J connectivity index is 1.45. The Bertz CT molecular complexity index is 1060. The molecule has 1 amide bonds. The minimum absolute atomic E-state index is 0.132. The fourth-order valence-corrected chi connectivity index (χ4v) is 4.18. The SMILES string of the molecule is Cc1ccc(-c2nc3ccc(C(=O)OCC(=O)N4[C@H](C)CCC[C@H]4C)cc3[nH]2)cc1. The number of imidazole rings is 1. The zero-order valence-corrected chi connectivity index (χ0v) is 17.6. The van der Waals surface area contributed by atoms with Crippen molar-refractivity contribution >= 4 is 22.9 Å². The largest absolute Gasteiger partial charge is 0.452 e. The molecule has 1 aliphatic rings. The minimum Gasteiger partial charge on any atom is -0.452 e. The van der Waals surface area contributed by atoms with Crippen LogP contribution in [0.4, 0.5) is 0 Å². The van der Waals surface area contributed by atoms with E-state index in [0.717, 1.165) is 41.7 Å². The van der Waals surface area contributed by atoms with E-state index in [0.29, 0.717) is 5.56 Å². The maximum atomic E-state index is 12.6. The second-order valence-electron chi connectivity index (χ2n) is 8.19. The quantitative estimate of drug-likeness (QED) is 0.649. The number of nitrogens with zero attached hydrogens (tertiary/aromatic N) is 2. The minimum atomic E-state index is -0.506. The molecule has 156 valence electrons. The number of hydrogen-bond acceptors (Lipinski definition) is 4. The lowest BCUT2D eigenvalue weighted by Crippen LogP contribution is -2.49. The fourth-order valence-electron chi connectivity index (χ4n) is 4.18. The molecule has 2 heterocycles. The van der Waals surface area contributed by atoms with Gasteiger partial charge in [-0.15, -0.1) is 0 Å². The number of likely N-dealkylation sites (tertiary alicyclic amines) is 1. The molecule has 6 nitrogen and oxygen atoms in total. The molecule has 3 aromatic rings. The summed E-state index contributed by atoms with van der Waals surface area (Å²) >= 11 is 0. The van der Waals surface area contributed by atoms with Crippen LogP contribution < -0.4 is 0 Å². The first-order valence-corrected chi connectivity index (χ1v) is 10.5. The summed E-state index contributed by atoms with van der Waals surface area (Å²) in [5.74, 6) is 0.111. The van der Waals surface area contributed by atoms with Gasteiger partial charge in [0.25, 0.3) is 5.91 Å². The van der Waals surface area contributed by atoms with E-state index in [9.17, 15) is 9.59 Å². The van der Waals surface area contributed by atoms with Crippen LogP contribution in [0.3, 0.4) is 0 Å². The molecule has 30 heavy (non-hydrogen) atoms. The Morgan fingerprint density at radius 1 is 1.10 bits per heavy atom. The highest BCUT2D eigenvalue weighted by Gasteiger charge is 2.29. The molecule has 2 atom stereocenters. The van der Waals surface area contributed by atoms with Crippen molar-refractivity contribution in [3.05, 3.63) is 53.6 Å². The number of carbonyl (C=O) groups is 2. The number of aromatic nitrogens is 2. The van der Waals surface area contributed by atoms with E-state index in [1.165, 1.54) is 5.56 Å². The van der Waals surface area contributed by atoms with Crippen LogP contribution in [0.1, 0.15) is 49.0 Å². The zero-order valence-electron chi connectivity index (χ0n) is 17.6. The zero-order chi connectivity index (χ0) is 21.3. The number of aromatic amines is 1. The molecule has 2 aromatic carbocycles. The Morgan fingerprint density at radius 3 is 2.50 bits per heavy atom. The molecule has 0 saturated carbocycles. The molecule has 1 N–H and O–H groups in total. The number of hydrogen-bond donors (Lipinski definition) is 1. The van der Waals surface area contributed by atoms with Crippen molar-refractivity contribution in [2.75, 3.05) is 6.61 Å². The Morgan fingerprint density at radius 2 is 1.80 bits per heavy atom. The lowest BCUT2D eigenvalue weighted by molar-refractivity contribution is -0.140. The van der Waals surface area contributed by atoms with Crippen LogP contribution in [0.2, 0.25) is 0 Å². The highest BCUT2D eigenvalue weighted by atomic mass is 16.5. The third kappa shape index (κ3) is 4.08. The van der Waals surface area contributed by atoms with Gasteiger partial charge in [-0.05, 0) is 58.2 Å². The first-order valence-electron chi connectivity index (χ1n) is 10.5. The molecule has 1 saturated heterocycles. The standard InChI is InChI=1S/C24H27N3O3/c1-15-7-9-18(10-8-15)23-25-20-12-11-19(13-21(20)26-23)24(29)30-14-22(28)27-16(2)5-4-6-17(27)3/h7-13,16-17H,4-6,14H2,1-3H3,(H,25,26)/t16-,17-/m1/s1. The topological polar surface area (TPSA) is 75.3 Å². The lowest BCUT2D eigenvalue weighted by atomic mass is 9.97. The molecular formula is C24H27N3O3. The number of esters is 1. The molecular weight excluding hydrogens is 378 g/mol. The number of H-pyrrole nitrogens is 1. The summed E-state index contributed by atoms with van der Waals surface area (Å²) in [7, 11) is 0. The summed E-state index contributed by atoms with van der Waals surface area (Å²) in [6.07, 6.45) is 3.11. The molecule has 0 aliphatic carbocycles. The van der Waals surface area contributed by atoms with Crippen molar-refractivity contribution < 1.29 is 14.3 Å². The van der Waals surface area contributed by atoms with Crippen molar-refractivity contribution in [3.8, 4) is 11.4 Å². The number of fused-ring (bicyclic) bond motifs is 1. The van der Waals surface area contributed by atoms with E-state index in [4.69, 9.17) is 4.74 Å². The summed E-state index contributed by atoms with van der Waals surface area (Å²) in [6.45, 7) is 5.90.